The van der Waals surface area contributed by atoms with Gasteiger partial charge in [-0.05, 0) is 96.3 Å². The number of hydrogen-bond donors (Lipinski definition) is 0. The molecule has 0 heterocycles. The van der Waals surface area contributed by atoms with Crippen molar-refractivity contribution < 1.29 is 28.6 Å². The second-order valence-corrected chi connectivity index (χ2v) is 20.9. The van der Waals surface area contributed by atoms with E-state index in [1.54, 1.807) is 0 Å². The molecular weight excluding hydrogens is 913 g/mol. The van der Waals surface area contributed by atoms with Crippen molar-refractivity contribution in [3.63, 3.8) is 0 Å². The summed E-state index contributed by atoms with van der Waals surface area (Å²) in [6.07, 6.45) is 81.9. The van der Waals surface area contributed by atoms with Crippen LogP contribution < -0.4 is 0 Å². The van der Waals surface area contributed by atoms with Gasteiger partial charge in [-0.3, -0.25) is 14.4 Å². The summed E-state index contributed by atoms with van der Waals surface area (Å²) in [6, 6.07) is 0. The minimum atomic E-state index is -0.777. The molecule has 0 spiro atoms. The normalized spacial score (nSPS) is 12.6. The van der Waals surface area contributed by atoms with Crippen molar-refractivity contribution in [3.05, 3.63) is 85.1 Å². The minimum absolute atomic E-state index is 0.0774. The number of unbranched alkanes of at least 4 members (excludes halogenated alkanes) is 32. The van der Waals surface area contributed by atoms with Crippen molar-refractivity contribution in [2.24, 2.45) is 0 Å². The summed E-state index contributed by atoms with van der Waals surface area (Å²) in [6.45, 7) is 6.48. The van der Waals surface area contributed by atoms with E-state index < -0.39 is 6.10 Å². The lowest BCUT2D eigenvalue weighted by molar-refractivity contribution is -0.167. The maximum Gasteiger partial charge on any atom is 0.306 e. The first kappa shape index (κ1) is 70.6. The monoisotopic (exact) mass is 1030 g/mol. The number of ether oxygens (including phenoxy) is 3. The largest absolute Gasteiger partial charge is 0.462 e. The minimum Gasteiger partial charge on any atom is -0.462 e. The van der Waals surface area contributed by atoms with Crippen LogP contribution in [0, 0.1) is 0 Å². The van der Waals surface area contributed by atoms with E-state index in [9.17, 15) is 14.4 Å². The fourth-order valence-corrected chi connectivity index (χ4v) is 8.91. The van der Waals surface area contributed by atoms with Gasteiger partial charge in [0.1, 0.15) is 13.2 Å². The Morgan fingerprint density at radius 2 is 0.527 bits per heavy atom. The zero-order valence-corrected chi connectivity index (χ0v) is 48.8. The molecule has 0 saturated heterocycles. The molecule has 0 aliphatic heterocycles. The Labute approximate surface area is 458 Å². The lowest BCUT2D eigenvalue weighted by atomic mass is 10.0. The number of rotatable bonds is 57. The van der Waals surface area contributed by atoms with Gasteiger partial charge in [0.05, 0.1) is 0 Å². The molecule has 1 atom stereocenters. The summed E-state index contributed by atoms with van der Waals surface area (Å²) < 4.78 is 16.8. The molecule has 0 aromatic rings. The van der Waals surface area contributed by atoms with E-state index in [0.29, 0.717) is 19.3 Å². The van der Waals surface area contributed by atoms with Gasteiger partial charge in [0.2, 0.25) is 0 Å². The third-order valence-electron chi connectivity index (χ3n) is 13.6. The Hall–Kier alpha value is -3.41. The smallest absolute Gasteiger partial charge is 0.306 e. The number of hydrogen-bond acceptors (Lipinski definition) is 6. The maximum absolute atomic E-state index is 12.8. The van der Waals surface area contributed by atoms with Crippen LogP contribution in [0.25, 0.3) is 0 Å². The fraction of sp³-hybridized carbons (Fsp3) is 0.750. The van der Waals surface area contributed by atoms with Crippen molar-refractivity contribution in [1.29, 1.82) is 0 Å². The Morgan fingerprint density at radius 1 is 0.284 bits per heavy atom. The summed E-state index contributed by atoms with van der Waals surface area (Å²) >= 11 is 0. The molecule has 0 saturated carbocycles. The molecular formula is C68H118O6. The Bertz CT molecular complexity index is 1420. The zero-order chi connectivity index (χ0) is 53.6. The van der Waals surface area contributed by atoms with E-state index in [2.05, 4.69) is 106 Å². The molecule has 0 aromatic carbocycles. The summed E-state index contributed by atoms with van der Waals surface area (Å²) in [7, 11) is 0. The molecule has 0 amide bonds. The zero-order valence-electron chi connectivity index (χ0n) is 48.8. The van der Waals surface area contributed by atoms with E-state index in [1.807, 2.05) is 0 Å². The molecule has 0 N–H and O–H groups in total. The van der Waals surface area contributed by atoms with Crippen LogP contribution in [0.2, 0.25) is 0 Å². The quantitative estimate of drug-likeness (QED) is 0.0261. The molecule has 0 radical (unpaired) electrons. The van der Waals surface area contributed by atoms with Gasteiger partial charge >= 0.3 is 17.9 Å². The van der Waals surface area contributed by atoms with Gasteiger partial charge in [0, 0.05) is 19.3 Å². The van der Waals surface area contributed by atoms with Gasteiger partial charge < -0.3 is 14.2 Å². The summed E-state index contributed by atoms with van der Waals surface area (Å²) in [5.74, 6) is -0.884. The highest BCUT2D eigenvalue weighted by molar-refractivity contribution is 5.71. The first-order valence-corrected chi connectivity index (χ1v) is 31.6. The molecule has 74 heavy (non-hydrogen) atoms. The fourth-order valence-electron chi connectivity index (χ4n) is 8.91. The van der Waals surface area contributed by atoms with Crippen molar-refractivity contribution >= 4 is 17.9 Å². The van der Waals surface area contributed by atoms with Gasteiger partial charge in [-0.15, -0.1) is 0 Å². The van der Waals surface area contributed by atoms with E-state index in [4.69, 9.17) is 14.2 Å². The first-order chi connectivity index (χ1) is 36.5. The number of allylic oxidation sites excluding steroid dienone is 14. The maximum atomic E-state index is 12.8. The average molecular weight is 1030 g/mol. The predicted octanol–water partition coefficient (Wildman–Crippen LogP) is 21.5. The highest BCUT2D eigenvalue weighted by atomic mass is 16.6. The second kappa shape index (κ2) is 62.1. The summed E-state index contributed by atoms with van der Waals surface area (Å²) in [5, 5.41) is 0. The number of carbonyl (C=O) groups is 3. The van der Waals surface area contributed by atoms with Gasteiger partial charge in [-0.1, -0.05) is 279 Å². The van der Waals surface area contributed by atoms with Crippen LogP contribution in [0.15, 0.2) is 85.1 Å². The molecule has 0 fully saturated rings. The lowest BCUT2D eigenvalue weighted by Gasteiger charge is -2.18. The van der Waals surface area contributed by atoms with Crippen LogP contribution in [0.5, 0.6) is 0 Å². The van der Waals surface area contributed by atoms with Crippen LogP contribution in [0.3, 0.4) is 0 Å². The topological polar surface area (TPSA) is 78.9 Å². The van der Waals surface area contributed by atoms with Crippen LogP contribution in [-0.2, 0) is 28.6 Å². The summed E-state index contributed by atoms with van der Waals surface area (Å²) in [4.78, 5) is 38.0. The van der Waals surface area contributed by atoms with Crippen LogP contribution in [0.4, 0.5) is 0 Å². The van der Waals surface area contributed by atoms with Crippen LogP contribution >= 0.6 is 0 Å². The Balaban J connectivity index is 4.10. The number of carbonyl (C=O) groups excluding carboxylic acids is 3. The van der Waals surface area contributed by atoms with E-state index in [0.717, 1.165) is 96.3 Å². The first-order valence-electron chi connectivity index (χ1n) is 31.6. The molecule has 1 unspecified atom stereocenters. The van der Waals surface area contributed by atoms with E-state index in [-0.39, 0.29) is 31.1 Å². The van der Waals surface area contributed by atoms with Gasteiger partial charge in [-0.25, -0.2) is 0 Å². The van der Waals surface area contributed by atoms with Gasteiger partial charge in [0.15, 0.2) is 6.10 Å². The van der Waals surface area contributed by atoms with Crippen molar-refractivity contribution in [2.75, 3.05) is 13.2 Å². The van der Waals surface area contributed by atoms with Crippen LogP contribution in [0.1, 0.15) is 310 Å². The van der Waals surface area contributed by atoms with Crippen LogP contribution in [-0.4, -0.2) is 37.2 Å². The number of esters is 3. The molecule has 6 heteroatoms. The molecule has 0 aliphatic rings. The molecule has 6 nitrogen and oxygen atoms in total. The van der Waals surface area contributed by atoms with Crippen molar-refractivity contribution in [1.82, 2.24) is 0 Å². The SMILES string of the molecule is CC/C=C\C/C=C\C/C=C\C/C=C\CCCCCCCCCCCCC(=O)OC(COC(=O)CCCCCCCC)COC(=O)CCCCCCCCCCCCCC/C=C\C/C=C\C/C=C\CCCCCCC. The third kappa shape index (κ3) is 59.5. The Kier molecular flexibility index (Phi) is 59.3. The van der Waals surface area contributed by atoms with E-state index in [1.165, 1.54) is 173 Å². The average Bonchev–Trinajstić information content (AvgIpc) is 3.40. The third-order valence-corrected chi connectivity index (χ3v) is 13.6. The highest BCUT2D eigenvalue weighted by Gasteiger charge is 2.19. The lowest BCUT2D eigenvalue weighted by Crippen LogP contribution is -2.30. The molecule has 0 rings (SSSR count). The van der Waals surface area contributed by atoms with Crippen molar-refractivity contribution in [3.8, 4) is 0 Å². The van der Waals surface area contributed by atoms with Crippen molar-refractivity contribution in [2.45, 2.75) is 316 Å². The summed E-state index contributed by atoms with van der Waals surface area (Å²) in [5.41, 5.74) is 0. The molecule has 0 aromatic heterocycles. The predicted molar refractivity (Wildman–Crippen MR) is 321 cm³/mol. The van der Waals surface area contributed by atoms with Gasteiger partial charge in [0.25, 0.3) is 0 Å². The highest BCUT2D eigenvalue weighted by Crippen LogP contribution is 2.16. The standard InChI is InChI=1S/C68H118O6/c1-4-7-10-13-16-18-20-22-24-26-28-30-32-33-34-35-37-38-40-42-44-46-48-50-52-55-58-61-67(70)73-64-65(63-72-66(69)60-57-54-15-12-9-6-3)74-68(71)62-59-56-53-51-49-47-45-43-41-39-36-31-29-27-25-23-21-19-17-14-11-8-5-2/h8,11,17,19-20,22-23,25-26,28-29,31-33,65H,4-7,9-10,12-16,18,21,24,27,30,34-64H2,1-3H3/b11-8-,19-17-,22-20-,25-23-,28-26-,31-29-,33-32-. The van der Waals surface area contributed by atoms with E-state index >= 15 is 0 Å². The Morgan fingerprint density at radius 3 is 0.824 bits per heavy atom. The molecule has 426 valence electrons. The van der Waals surface area contributed by atoms with Gasteiger partial charge in [-0.2, -0.15) is 0 Å². The molecule has 0 aliphatic carbocycles. The second-order valence-electron chi connectivity index (χ2n) is 20.9. The molecule has 0 bridgehead atoms.